The molecule has 0 aliphatic carbocycles. The van der Waals surface area contributed by atoms with Gasteiger partial charge in [-0.25, -0.2) is 42.3 Å². The van der Waals surface area contributed by atoms with Crippen molar-refractivity contribution < 1.29 is 36.6 Å². The molecule has 0 bridgehead atoms. The molecule has 4 fully saturated rings. The van der Waals surface area contributed by atoms with Crippen LogP contribution in [-0.4, -0.2) is 141 Å². The lowest BCUT2D eigenvalue weighted by Gasteiger charge is -2.37. The first kappa shape index (κ1) is 49.2. The predicted octanol–water partition coefficient (Wildman–Crippen LogP) is 8.06. The van der Waals surface area contributed by atoms with E-state index in [-0.39, 0.29) is 22.4 Å². The average Bonchev–Trinajstić information content (AvgIpc) is 3.36. The first-order chi connectivity index (χ1) is 34.2. The fraction of sp³-hybridized carbons (Fsp3) is 0.431. The van der Waals surface area contributed by atoms with Crippen LogP contribution in [0.25, 0.3) is 21.8 Å². The molecule has 8 heterocycles. The van der Waals surface area contributed by atoms with Crippen LogP contribution < -0.4 is 35.6 Å². The molecule has 0 unspecified atom stereocenters. The Kier molecular flexibility index (Phi) is 14.8. The van der Waals surface area contributed by atoms with Crippen molar-refractivity contribution in [2.75, 3.05) is 135 Å². The second kappa shape index (κ2) is 21.3. The Morgan fingerprint density at radius 2 is 1.04 bits per heavy atom. The van der Waals surface area contributed by atoms with E-state index in [0.29, 0.717) is 75.3 Å². The number of nitrogens with one attached hydrogen (secondary N) is 3. The topological polar surface area (TPSA) is 149 Å². The van der Waals surface area contributed by atoms with Crippen molar-refractivity contribution in [2.45, 2.75) is 40.2 Å². The fourth-order valence-electron chi connectivity index (χ4n) is 9.23. The molecule has 0 spiro atoms. The minimum Gasteiger partial charge on any atom is -0.444 e. The number of amides is 1. The molecule has 0 atom stereocenters. The number of hydrogen-bond donors (Lipinski definition) is 3. The Balaban J connectivity index is 0.000000179. The van der Waals surface area contributed by atoms with Crippen LogP contribution in [0.15, 0.2) is 60.9 Å². The van der Waals surface area contributed by atoms with Gasteiger partial charge in [0.05, 0.1) is 59.6 Å². The highest BCUT2D eigenvalue weighted by molar-refractivity contribution is 5.99. The molecule has 4 saturated heterocycles. The number of hydrogen-bond acceptors (Lipinski definition) is 15. The molecule has 4 aliphatic rings. The molecular formula is C51H60F4N12O4. The average molecular weight is 981 g/mol. The Hall–Kier alpha value is -6.77. The van der Waals surface area contributed by atoms with Crippen molar-refractivity contribution in [3.8, 4) is 0 Å². The van der Waals surface area contributed by atoms with E-state index in [1.807, 2.05) is 63.8 Å². The van der Waals surface area contributed by atoms with Gasteiger partial charge >= 0.3 is 6.09 Å². The number of nitrogens with zero attached hydrogens (tertiary/aromatic N) is 9. The van der Waals surface area contributed by atoms with Crippen LogP contribution in [0.4, 0.5) is 68.4 Å². The molecule has 71 heavy (non-hydrogen) atoms. The lowest BCUT2D eigenvalue weighted by atomic mass is 10.1. The molecule has 10 rings (SSSR count). The minimum absolute atomic E-state index is 0.215. The summed E-state index contributed by atoms with van der Waals surface area (Å²) in [6, 6.07) is 11.8. The first-order valence-electron chi connectivity index (χ1n) is 24.1. The van der Waals surface area contributed by atoms with Crippen molar-refractivity contribution in [3.63, 3.8) is 0 Å². The van der Waals surface area contributed by atoms with Crippen molar-refractivity contribution in [2.24, 2.45) is 0 Å². The van der Waals surface area contributed by atoms with E-state index in [4.69, 9.17) is 14.2 Å². The van der Waals surface area contributed by atoms with E-state index in [0.717, 1.165) is 104 Å². The number of benzene rings is 2. The monoisotopic (exact) mass is 980 g/mol. The predicted molar refractivity (Wildman–Crippen MR) is 269 cm³/mol. The summed E-state index contributed by atoms with van der Waals surface area (Å²) in [4.78, 5) is 41.0. The van der Waals surface area contributed by atoms with E-state index in [2.05, 4.69) is 50.6 Å². The quantitative estimate of drug-likeness (QED) is 0.126. The van der Waals surface area contributed by atoms with Crippen LogP contribution >= 0.6 is 0 Å². The third kappa shape index (κ3) is 11.4. The number of fused-ring (bicyclic) bond motifs is 2. The van der Waals surface area contributed by atoms with Gasteiger partial charge in [0.1, 0.15) is 52.1 Å². The molecule has 20 heteroatoms. The zero-order valence-electron chi connectivity index (χ0n) is 40.8. The van der Waals surface area contributed by atoms with Crippen molar-refractivity contribution >= 4 is 73.9 Å². The fourth-order valence-corrected chi connectivity index (χ4v) is 9.23. The molecular weight excluding hydrogens is 921 g/mol. The van der Waals surface area contributed by atoms with Gasteiger partial charge < -0.3 is 54.7 Å². The molecule has 1 amide bonds. The molecule has 0 saturated carbocycles. The number of rotatable bonds is 8. The molecule has 4 aliphatic heterocycles. The van der Waals surface area contributed by atoms with Crippen molar-refractivity contribution in [3.05, 3.63) is 95.3 Å². The number of ether oxygens (including phenoxy) is 3. The van der Waals surface area contributed by atoms with Gasteiger partial charge in [-0.05, 0) is 46.8 Å². The van der Waals surface area contributed by atoms with Crippen LogP contribution in [0.3, 0.4) is 0 Å². The van der Waals surface area contributed by atoms with E-state index in [9.17, 15) is 18.0 Å². The molecule has 6 aromatic rings. The maximum absolute atomic E-state index is 15.2. The minimum atomic E-state index is -0.693. The first-order valence-corrected chi connectivity index (χ1v) is 24.1. The highest BCUT2D eigenvalue weighted by Gasteiger charge is 2.29. The molecule has 2 aromatic carbocycles. The summed E-state index contributed by atoms with van der Waals surface area (Å²) in [5.41, 5.74) is 4.12. The summed E-state index contributed by atoms with van der Waals surface area (Å²) in [6.07, 6.45) is 3.09. The lowest BCUT2D eigenvalue weighted by Crippen LogP contribution is -2.50. The number of aromatic nitrogens is 4. The Morgan fingerprint density at radius 1 is 0.606 bits per heavy atom. The normalized spacial score (nSPS) is 16.8. The highest BCUT2D eigenvalue weighted by atomic mass is 19.1. The molecule has 3 N–H and O–H groups in total. The largest absolute Gasteiger partial charge is 0.444 e. The summed E-state index contributed by atoms with van der Waals surface area (Å²) in [5.74, 6) is 0.339. The summed E-state index contributed by atoms with van der Waals surface area (Å²) in [7, 11) is 0. The smallest absolute Gasteiger partial charge is 0.410 e. The second-order valence-electron chi connectivity index (χ2n) is 18.9. The van der Waals surface area contributed by atoms with Gasteiger partial charge in [-0.1, -0.05) is 0 Å². The van der Waals surface area contributed by atoms with Gasteiger partial charge in [0.25, 0.3) is 0 Å². The number of anilines is 8. The Bertz CT molecular complexity index is 2880. The second-order valence-corrected chi connectivity index (χ2v) is 18.9. The van der Waals surface area contributed by atoms with Gasteiger partial charge in [0, 0.05) is 150 Å². The number of piperazine rings is 2. The van der Waals surface area contributed by atoms with E-state index >= 15 is 4.39 Å². The number of carbonyl (C=O) groups is 1. The third-order valence-corrected chi connectivity index (χ3v) is 12.8. The molecule has 376 valence electrons. The van der Waals surface area contributed by atoms with Gasteiger partial charge in [-0.2, -0.15) is 0 Å². The van der Waals surface area contributed by atoms with Crippen LogP contribution in [0, 0.1) is 37.1 Å². The maximum Gasteiger partial charge on any atom is 0.410 e. The summed E-state index contributed by atoms with van der Waals surface area (Å²) < 4.78 is 74.8. The Morgan fingerprint density at radius 3 is 1.48 bits per heavy atom. The zero-order chi connectivity index (χ0) is 49.8. The summed E-state index contributed by atoms with van der Waals surface area (Å²) in [6.45, 7) is 20.1. The zero-order valence-corrected chi connectivity index (χ0v) is 40.8. The Labute approximate surface area is 410 Å². The standard InChI is InChI=1S/C28H34F2N6O3.C23H26F2N6O/c1-18-25(32-20-5-6-31-23(17-20)34-11-13-38-14-12-34)24-21(30)15-19(29)16-22(24)33-26(18)35-7-9-36(10-8-35)27(37)39-28(2,3)4;1-15-22(28-17-2-3-27-20(14-17)30-8-10-32-11-9-30)21-18(25)12-16(24)13-19(21)29-23(15)31-6-4-26-5-7-31/h5-6,15-17H,7-14H2,1-4H3,(H,31,32,33);2-3,12-14,26H,4-11H2,1H3,(H,27,28,29). The van der Waals surface area contributed by atoms with E-state index < -0.39 is 28.9 Å². The molecule has 16 nitrogen and oxygen atoms in total. The number of carbonyl (C=O) groups excluding carboxylic acids is 1. The van der Waals surface area contributed by atoms with Crippen LogP contribution in [0.2, 0.25) is 0 Å². The number of pyridine rings is 4. The summed E-state index contributed by atoms with van der Waals surface area (Å²) in [5, 5.41) is 10.6. The van der Waals surface area contributed by atoms with Crippen LogP contribution in [0.5, 0.6) is 0 Å². The number of halogens is 4. The van der Waals surface area contributed by atoms with Gasteiger partial charge in [0.15, 0.2) is 0 Å². The van der Waals surface area contributed by atoms with Crippen molar-refractivity contribution in [1.82, 2.24) is 30.2 Å². The highest BCUT2D eigenvalue weighted by Crippen LogP contribution is 2.39. The van der Waals surface area contributed by atoms with Gasteiger partial charge in [0.2, 0.25) is 0 Å². The van der Waals surface area contributed by atoms with Crippen molar-refractivity contribution in [1.29, 1.82) is 0 Å². The molecule has 0 radical (unpaired) electrons. The van der Waals surface area contributed by atoms with E-state index in [1.165, 1.54) is 12.1 Å². The third-order valence-electron chi connectivity index (χ3n) is 12.8. The molecule has 4 aromatic heterocycles. The summed E-state index contributed by atoms with van der Waals surface area (Å²) >= 11 is 0. The van der Waals surface area contributed by atoms with Crippen LogP contribution in [0.1, 0.15) is 31.9 Å². The lowest BCUT2D eigenvalue weighted by molar-refractivity contribution is 0.0240. The van der Waals surface area contributed by atoms with Gasteiger partial charge in [-0.3, -0.25) is 0 Å². The van der Waals surface area contributed by atoms with Gasteiger partial charge in [-0.15, -0.1) is 0 Å². The maximum atomic E-state index is 15.2. The number of morpholine rings is 2. The van der Waals surface area contributed by atoms with Crippen LogP contribution in [-0.2, 0) is 14.2 Å². The SMILES string of the molecule is Cc1c(N2CCN(C(=O)OC(C)(C)C)CC2)nc2cc(F)cc(F)c2c1Nc1ccnc(N2CCOCC2)c1.Cc1c(N2CCNCC2)nc2cc(F)cc(F)c2c1Nc1ccnc(N2CCOCC2)c1. The van der Waals surface area contributed by atoms with E-state index in [1.54, 1.807) is 17.3 Å².